The molecular weight excluding hydrogens is 355 g/mol. The monoisotopic (exact) mass is 379 g/mol. The van der Waals surface area contributed by atoms with Crippen LogP contribution >= 0.6 is 0 Å². The van der Waals surface area contributed by atoms with Gasteiger partial charge in [0.1, 0.15) is 0 Å². The Balaban J connectivity index is 2.06. The van der Waals surface area contributed by atoms with Gasteiger partial charge in [-0.05, 0) is 43.4 Å². The number of nitrogens with one attached hydrogen (secondary N) is 1. The van der Waals surface area contributed by atoms with Gasteiger partial charge in [-0.15, -0.1) is 0 Å². The van der Waals surface area contributed by atoms with Gasteiger partial charge in [0, 0.05) is 18.5 Å². The molecule has 0 radical (unpaired) electrons. The number of alkyl halides is 3. The molecule has 3 nitrogen and oxygen atoms in total. The zero-order chi connectivity index (χ0) is 19.9. The Kier molecular flexibility index (Phi) is 7.42. The summed E-state index contributed by atoms with van der Waals surface area (Å²) in [6.07, 6.45) is -3.12. The van der Waals surface area contributed by atoms with Crippen molar-refractivity contribution in [3.8, 4) is 0 Å². The molecular formula is C21H24F3NO2. The summed E-state index contributed by atoms with van der Waals surface area (Å²) in [5, 5.41) is 12.3. The lowest BCUT2D eigenvalue weighted by atomic mass is 9.97. The van der Waals surface area contributed by atoms with E-state index in [4.69, 9.17) is 5.11 Å². The van der Waals surface area contributed by atoms with Gasteiger partial charge in [-0.2, -0.15) is 13.2 Å². The number of rotatable bonds is 9. The van der Waals surface area contributed by atoms with Crippen molar-refractivity contribution >= 4 is 5.97 Å². The first kappa shape index (κ1) is 21.0. The molecule has 2 rings (SSSR count). The molecule has 0 fully saturated rings. The molecule has 2 atom stereocenters. The van der Waals surface area contributed by atoms with E-state index >= 15 is 0 Å². The molecule has 2 aromatic rings. The second kappa shape index (κ2) is 9.55. The maximum Gasteiger partial charge on any atom is 0.416 e. The largest absolute Gasteiger partial charge is 0.481 e. The van der Waals surface area contributed by atoms with Crippen molar-refractivity contribution in [2.24, 2.45) is 0 Å². The smallest absolute Gasteiger partial charge is 0.416 e. The SMILES string of the molecule is CC(Cc1ccccc1C(F)(F)F)NC(CCC(=O)O)Cc1ccccc1. The van der Waals surface area contributed by atoms with E-state index < -0.39 is 17.7 Å². The third-order valence-corrected chi connectivity index (χ3v) is 4.40. The standard InChI is InChI=1S/C21H24F3NO2/c1-15(13-17-9-5-6-10-19(17)21(22,23)24)25-18(11-12-20(26)27)14-16-7-3-2-4-8-16/h2-10,15,18,25H,11-14H2,1H3,(H,26,27). The molecule has 0 aliphatic heterocycles. The lowest BCUT2D eigenvalue weighted by Gasteiger charge is -2.24. The van der Waals surface area contributed by atoms with E-state index in [0.717, 1.165) is 11.6 Å². The van der Waals surface area contributed by atoms with E-state index in [-0.39, 0.29) is 30.5 Å². The van der Waals surface area contributed by atoms with Crippen LogP contribution in [-0.2, 0) is 23.8 Å². The Hall–Kier alpha value is -2.34. The van der Waals surface area contributed by atoms with Gasteiger partial charge in [-0.3, -0.25) is 4.79 Å². The van der Waals surface area contributed by atoms with Gasteiger partial charge in [-0.1, -0.05) is 48.5 Å². The van der Waals surface area contributed by atoms with Crippen molar-refractivity contribution in [1.29, 1.82) is 0 Å². The number of halogens is 3. The average molecular weight is 379 g/mol. The molecule has 0 saturated carbocycles. The van der Waals surface area contributed by atoms with Crippen molar-refractivity contribution < 1.29 is 23.1 Å². The fourth-order valence-electron chi connectivity index (χ4n) is 3.21. The highest BCUT2D eigenvalue weighted by atomic mass is 19.4. The van der Waals surface area contributed by atoms with Crippen LogP contribution in [0.4, 0.5) is 13.2 Å². The summed E-state index contributed by atoms with van der Waals surface area (Å²) < 4.78 is 39.5. The van der Waals surface area contributed by atoms with Gasteiger partial charge in [-0.25, -0.2) is 0 Å². The van der Waals surface area contributed by atoms with Gasteiger partial charge >= 0.3 is 12.1 Å². The lowest BCUT2D eigenvalue weighted by Crippen LogP contribution is -2.39. The van der Waals surface area contributed by atoms with E-state index in [1.807, 2.05) is 37.3 Å². The Labute approximate surface area is 157 Å². The molecule has 2 unspecified atom stereocenters. The number of carboxylic acid groups (broad SMARTS) is 1. The summed E-state index contributed by atoms with van der Waals surface area (Å²) >= 11 is 0. The summed E-state index contributed by atoms with van der Waals surface area (Å²) in [6, 6.07) is 14.8. The van der Waals surface area contributed by atoms with Crippen LogP contribution in [0.5, 0.6) is 0 Å². The lowest BCUT2D eigenvalue weighted by molar-refractivity contribution is -0.138. The summed E-state index contributed by atoms with van der Waals surface area (Å²) in [5.74, 6) is -0.884. The van der Waals surface area contributed by atoms with Crippen LogP contribution in [0.3, 0.4) is 0 Å². The number of benzene rings is 2. The molecule has 0 bridgehead atoms. The van der Waals surface area contributed by atoms with Crippen molar-refractivity contribution in [2.75, 3.05) is 0 Å². The van der Waals surface area contributed by atoms with E-state index in [2.05, 4.69) is 5.32 Å². The summed E-state index contributed by atoms with van der Waals surface area (Å²) in [5.41, 5.74) is 0.675. The van der Waals surface area contributed by atoms with Gasteiger partial charge in [0.15, 0.2) is 0 Å². The van der Waals surface area contributed by atoms with E-state index in [0.29, 0.717) is 12.8 Å². The molecule has 0 heterocycles. The molecule has 0 aliphatic rings. The molecule has 0 aliphatic carbocycles. The maximum absolute atomic E-state index is 13.2. The number of hydrogen-bond acceptors (Lipinski definition) is 2. The summed E-state index contributed by atoms with van der Waals surface area (Å²) in [7, 11) is 0. The molecule has 0 spiro atoms. The molecule has 6 heteroatoms. The van der Waals surface area contributed by atoms with Crippen LogP contribution in [0.1, 0.15) is 36.5 Å². The fraction of sp³-hybridized carbons (Fsp3) is 0.381. The Bertz CT molecular complexity index is 732. The zero-order valence-corrected chi connectivity index (χ0v) is 15.2. The minimum atomic E-state index is -4.39. The fourth-order valence-corrected chi connectivity index (χ4v) is 3.21. The van der Waals surface area contributed by atoms with E-state index in [1.165, 1.54) is 12.1 Å². The number of hydrogen-bond donors (Lipinski definition) is 2. The third-order valence-electron chi connectivity index (χ3n) is 4.40. The maximum atomic E-state index is 13.2. The van der Waals surface area contributed by atoms with Crippen molar-refractivity contribution in [2.45, 2.75) is 50.9 Å². The molecule has 2 aromatic carbocycles. The first-order valence-corrected chi connectivity index (χ1v) is 8.92. The van der Waals surface area contributed by atoms with Crippen LogP contribution in [-0.4, -0.2) is 23.2 Å². The number of carboxylic acids is 1. The van der Waals surface area contributed by atoms with Crippen molar-refractivity contribution in [3.05, 3.63) is 71.3 Å². The highest BCUT2D eigenvalue weighted by molar-refractivity contribution is 5.66. The van der Waals surface area contributed by atoms with Crippen LogP contribution < -0.4 is 5.32 Å². The summed E-state index contributed by atoms with van der Waals surface area (Å²) in [4.78, 5) is 10.9. The van der Waals surface area contributed by atoms with Crippen molar-refractivity contribution in [3.63, 3.8) is 0 Å². The van der Waals surface area contributed by atoms with Gasteiger partial charge < -0.3 is 10.4 Å². The molecule has 146 valence electrons. The second-order valence-corrected chi connectivity index (χ2v) is 6.75. The summed E-state index contributed by atoms with van der Waals surface area (Å²) in [6.45, 7) is 1.83. The predicted octanol–water partition coefficient (Wildman–Crippen LogP) is 4.70. The van der Waals surface area contributed by atoms with Crippen LogP contribution in [0, 0.1) is 0 Å². The third kappa shape index (κ3) is 7.06. The minimum absolute atomic E-state index is 0.0103. The molecule has 27 heavy (non-hydrogen) atoms. The molecule has 0 aromatic heterocycles. The minimum Gasteiger partial charge on any atom is -0.481 e. The van der Waals surface area contributed by atoms with E-state index in [9.17, 15) is 18.0 Å². The highest BCUT2D eigenvalue weighted by Gasteiger charge is 2.33. The Morgan fingerprint density at radius 3 is 2.30 bits per heavy atom. The second-order valence-electron chi connectivity index (χ2n) is 6.75. The molecule has 0 amide bonds. The highest BCUT2D eigenvalue weighted by Crippen LogP contribution is 2.32. The Morgan fingerprint density at radius 1 is 1.04 bits per heavy atom. The van der Waals surface area contributed by atoms with Gasteiger partial charge in [0.05, 0.1) is 5.56 Å². The first-order valence-electron chi connectivity index (χ1n) is 8.92. The van der Waals surface area contributed by atoms with Gasteiger partial charge in [0.2, 0.25) is 0 Å². The first-order chi connectivity index (χ1) is 12.8. The predicted molar refractivity (Wildman–Crippen MR) is 98.5 cm³/mol. The zero-order valence-electron chi connectivity index (χ0n) is 15.2. The normalized spacial score (nSPS) is 13.9. The Morgan fingerprint density at radius 2 is 1.67 bits per heavy atom. The van der Waals surface area contributed by atoms with Crippen molar-refractivity contribution in [1.82, 2.24) is 5.32 Å². The van der Waals surface area contributed by atoms with Gasteiger partial charge in [0.25, 0.3) is 0 Å². The van der Waals surface area contributed by atoms with Crippen LogP contribution in [0.15, 0.2) is 54.6 Å². The average Bonchev–Trinajstić information content (AvgIpc) is 2.60. The van der Waals surface area contributed by atoms with Crippen LogP contribution in [0.2, 0.25) is 0 Å². The molecule has 0 saturated heterocycles. The quantitative estimate of drug-likeness (QED) is 0.664. The molecule has 2 N–H and O–H groups in total. The number of aliphatic carboxylic acids is 1. The number of carbonyl (C=O) groups is 1. The van der Waals surface area contributed by atoms with Crippen LogP contribution in [0.25, 0.3) is 0 Å². The topological polar surface area (TPSA) is 49.3 Å². The van der Waals surface area contributed by atoms with E-state index in [1.54, 1.807) is 6.07 Å².